The Kier molecular flexibility index (Phi) is 4.77. The molecule has 0 saturated carbocycles. The number of rotatable bonds is 1. The van der Waals surface area contributed by atoms with Crippen molar-refractivity contribution in [1.29, 1.82) is 0 Å². The quantitative estimate of drug-likeness (QED) is 0.612. The van der Waals surface area contributed by atoms with Crippen molar-refractivity contribution in [3.63, 3.8) is 0 Å². The van der Waals surface area contributed by atoms with Crippen molar-refractivity contribution >= 4 is 5.69 Å². The number of aryl methyl sites for hydroxylation is 2. The van der Waals surface area contributed by atoms with Gasteiger partial charge in [-0.15, -0.1) is 0 Å². The van der Waals surface area contributed by atoms with Gasteiger partial charge in [0.15, 0.2) is 0 Å². The van der Waals surface area contributed by atoms with E-state index in [1.165, 1.54) is 31.4 Å². The van der Waals surface area contributed by atoms with Crippen molar-refractivity contribution < 1.29 is 10.0 Å². The van der Waals surface area contributed by atoms with Gasteiger partial charge in [-0.1, -0.05) is 32.1 Å². The Morgan fingerprint density at radius 2 is 1.32 bits per heavy atom. The van der Waals surface area contributed by atoms with Crippen LogP contribution >= 0.6 is 0 Å². The normalized spacial score (nSPS) is 17.3. The number of nitrogens with zero attached hydrogens (tertiary/aromatic N) is 1. The van der Waals surface area contributed by atoms with Gasteiger partial charge in [-0.05, 0) is 25.7 Å². The molecular weight excluding hydrogens is 242 g/mol. The molecule has 0 fully saturated rings. The predicted molar refractivity (Wildman–Crippen MR) is 74.5 cm³/mol. The van der Waals surface area contributed by atoms with Gasteiger partial charge >= 0.3 is 0 Å². The molecule has 1 N–H and O–H groups in total. The maximum atomic E-state index is 11.0. The van der Waals surface area contributed by atoms with Gasteiger partial charge in [-0.2, -0.15) is 0 Å². The highest BCUT2D eigenvalue weighted by Gasteiger charge is 2.16. The average Bonchev–Trinajstić information content (AvgIpc) is 2.38. The fourth-order valence-corrected chi connectivity index (χ4v) is 2.74. The van der Waals surface area contributed by atoms with Crippen LogP contribution in [-0.2, 0) is 12.8 Å². The van der Waals surface area contributed by atoms with Crippen LogP contribution in [0.4, 0.5) is 5.69 Å². The number of nitro groups is 1. The summed E-state index contributed by atoms with van der Waals surface area (Å²) in [5.41, 5.74) is 1.59. The number of phenolic OH excluding ortho intramolecular Hbond substituents is 1. The SMILES string of the molecule is O=[N+]([O-])c1cc2c(O)c(c1)CCCCCCCCC2. The first-order valence-electron chi connectivity index (χ1n) is 7.17. The zero-order valence-electron chi connectivity index (χ0n) is 11.2. The standard InChI is InChI=1S/C15H21NO3/c17-15-12-8-6-4-2-1-3-5-7-9-13(15)11-14(10-12)16(18)19/h10-11,17H,1-9H2. The Hall–Kier alpha value is -1.58. The average molecular weight is 263 g/mol. The Bertz CT molecular complexity index is 426. The lowest BCUT2D eigenvalue weighted by atomic mass is 9.96. The van der Waals surface area contributed by atoms with Crippen molar-refractivity contribution in [3.05, 3.63) is 33.4 Å². The number of hydrogen-bond acceptors (Lipinski definition) is 3. The Morgan fingerprint density at radius 3 is 1.74 bits per heavy atom. The Balaban J connectivity index is 2.29. The van der Waals surface area contributed by atoms with Gasteiger partial charge < -0.3 is 5.11 Å². The second-order valence-corrected chi connectivity index (χ2v) is 5.34. The summed E-state index contributed by atoms with van der Waals surface area (Å²) in [5.74, 6) is 0.283. The highest BCUT2D eigenvalue weighted by Crippen LogP contribution is 2.31. The van der Waals surface area contributed by atoms with E-state index in [1.807, 2.05) is 0 Å². The zero-order chi connectivity index (χ0) is 13.7. The molecule has 1 aliphatic rings. The summed E-state index contributed by atoms with van der Waals surface area (Å²) in [6.07, 6.45) is 9.46. The van der Waals surface area contributed by atoms with E-state index in [2.05, 4.69) is 0 Å². The number of benzene rings is 1. The molecule has 0 saturated heterocycles. The molecule has 4 nitrogen and oxygen atoms in total. The van der Waals surface area contributed by atoms with E-state index in [9.17, 15) is 15.2 Å². The minimum Gasteiger partial charge on any atom is -0.507 e. The fourth-order valence-electron chi connectivity index (χ4n) is 2.74. The minimum atomic E-state index is -0.363. The van der Waals surface area contributed by atoms with E-state index in [-0.39, 0.29) is 16.4 Å². The first-order chi connectivity index (χ1) is 9.18. The molecule has 1 aromatic rings. The predicted octanol–water partition coefficient (Wildman–Crippen LogP) is 4.13. The van der Waals surface area contributed by atoms with Crippen LogP contribution in [0.3, 0.4) is 0 Å². The summed E-state index contributed by atoms with van der Waals surface area (Å²) in [6.45, 7) is 0. The molecule has 4 heteroatoms. The monoisotopic (exact) mass is 263 g/mol. The maximum absolute atomic E-state index is 11.0. The smallest absolute Gasteiger partial charge is 0.270 e. The van der Waals surface area contributed by atoms with Crippen molar-refractivity contribution in [2.45, 2.75) is 57.8 Å². The molecule has 0 spiro atoms. The van der Waals surface area contributed by atoms with Crippen LogP contribution in [0, 0.1) is 10.1 Å². The Morgan fingerprint density at radius 1 is 0.895 bits per heavy atom. The summed E-state index contributed by atoms with van der Waals surface area (Å²) in [5, 5.41) is 21.2. The largest absolute Gasteiger partial charge is 0.507 e. The van der Waals surface area contributed by atoms with Gasteiger partial charge in [0.1, 0.15) is 5.75 Å². The minimum absolute atomic E-state index is 0.111. The molecule has 0 heterocycles. The molecular formula is C15H21NO3. The molecule has 0 unspecified atom stereocenters. The van der Waals surface area contributed by atoms with E-state index >= 15 is 0 Å². The second-order valence-electron chi connectivity index (χ2n) is 5.34. The highest BCUT2D eigenvalue weighted by atomic mass is 16.6. The molecule has 0 atom stereocenters. The molecule has 19 heavy (non-hydrogen) atoms. The van der Waals surface area contributed by atoms with Crippen LogP contribution in [0.25, 0.3) is 0 Å². The maximum Gasteiger partial charge on any atom is 0.270 e. The zero-order valence-corrected chi connectivity index (χ0v) is 11.2. The van der Waals surface area contributed by atoms with E-state index in [1.54, 1.807) is 0 Å². The van der Waals surface area contributed by atoms with Crippen molar-refractivity contribution in [2.24, 2.45) is 0 Å². The lowest BCUT2D eigenvalue weighted by Gasteiger charge is -2.12. The third kappa shape index (κ3) is 3.69. The van der Waals surface area contributed by atoms with E-state index < -0.39 is 0 Å². The van der Waals surface area contributed by atoms with E-state index in [4.69, 9.17) is 0 Å². The molecule has 0 aromatic heterocycles. The third-order valence-corrected chi connectivity index (χ3v) is 3.86. The topological polar surface area (TPSA) is 63.4 Å². The van der Waals surface area contributed by atoms with Crippen LogP contribution in [0.2, 0.25) is 0 Å². The molecule has 0 radical (unpaired) electrons. The van der Waals surface area contributed by atoms with Crippen LogP contribution in [0.1, 0.15) is 56.1 Å². The lowest BCUT2D eigenvalue weighted by molar-refractivity contribution is -0.385. The Labute approximate surface area is 113 Å². The number of aromatic hydroxyl groups is 1. The van der Waals surface area contributed by atoms with Gasteiger partial charge in [0.2, 0.25) is 0 Å². The molecule has 1 aliphatic carbocycles. The molecule has 0 amide bonds. The van der Waals surface area contributed by atoms with Gasteiger partial charge in [-0.3, -0.25) is 10.1 Å². The first-order valence-corrected chi connectivity index (χ1v) is 7.17. The van der Waals surface area contributed by atoms with Gasteiger partial charge in [0.25, 0.3) is 5.69 Å². The molecule has 104 valence electrons. The number of non-ortho nitro benzene ring substituents is 1. The van der Waals surface area contributed by atoms with Gasteiger partial charge in [0, 0.05) is 23.3 Å². The molecule has 2 bridgehead atoms. The van der Waals surface area contributed by atoms with Crippen LogP contribution in [0.15, 0.2) is 12.1 Å². The summed E-state index contributed by atoms with van der Waals surface area (Å²) < 4.78 is 0. The molecule has 0 aliphatic heterocycles. The number of nitro benzene ring substituents is 1. The van der Waals surface area contributed by atoms with Gasteiger partial charge in [-0.25, -0.2) is 0 Å². The second kappa shape index (κ2) is 6.55. The van der Waals surface area contributed by atoms with Crippen molar-refractivity contribution in [3.8, 4) is 5.75 Å². The molecule has 2 rings (SSSR count). The number of hydrogen-bond donors (Lipinski definition) is 1. The summed E-state index contributed by atoms with van der Waals surface area (Å²) in [7, 11) is 0. The van der Waals surface area contributed by atoms with Crippen molar-refractivity contribution in [1.82, 2.24) is 0 Å². The number of phenols is 1. The number of fused-ring (bicyclic) bond motifs is 2. The highest BCUT2D eigenvalue weighted by molar-refractivity contribution is 5.49. The molecule has 1 aromatic carbocycles. The fraction of sp³-hybridized carbons (Fsp3) is 0.600. The van der Waals surface area contributed by atoms with Crippen LogP contribution in [-0.4, -0.2) is 10.0 Å². The van der Waals surface area contributed by atoms with E-state index in [0.29, 0.717) is 0 Å². The van der Waals surface area contributed by atoms with Crippen LogP contribution in [0.5, 0.6) is 5.75 Å². The lowest BCUT2D eigenvalue weighted by Crippen LogP contribution is -1.98. The van der Waals surface area contributed by atoms with Crippen molar-refractivity contribution in [2.75, 3.05) is 0 Å². The van der Waals surface area contributed by atoms with Crippen LogP contribution < -0.4 is 0 Å². The summed E-state index contributed by atoms with van der Waals surface area (Å²) in [4.78, 5) is 10.6. The first kappa shape index (κ1) is 13.8. The van der Waals surface area contributed by atoms with Gasteiger partial charge in [0.05, 0.1) is 4.92 Å². The van der Waals surface area contributed by atoms with E-state index in [0.717, 1.165) is 49.7 Å². The summed E-state index contributed by atoms with van der Waals surface area (Å²) in [6, 6.07) is 3.06. The summed E-state index contributed by atoms with van der Waals surface area (Å²) >= 11 is 0. The third-order valence-electron chi connectivity index (χ3n) is 3.86.